The van der Waals surface area contributed by atoms with Crippen LogP contribution in [0.2, 0.25) is 0 Å². The largest absolute Gasteiger partial charge is 0.325 e. The van der Waals surface area contributed by atoms with E-state index in [1.807, 2.05) is 38.1 Å². The number of hydrogen-bond acceptors (Lipinski definition) is 4. The number of aromatic nitrogens is 2. The van der Waals surface area contributed by atoms with E-state index in [9.17, 15) is 9.59 Å². The van der Waals surface area contributed by atoms with Gasteiger partial charge in [-0.05, 0) is 29.5 Å². The number of carbonyl (C=O) groups excluding carboxylic acids is 1. The number of nitrogens with one attached hydrogen (secondary N) is 2. The Bertz CT molecular complexity index is 752. The molecule has 0 atom stereocenters. The van der Waals surface area contributed by atoms with Crippen LogP contribution in [0.25, 0.3) is 0 Å². The van der Waals surface area contributed by atoms with Crippen molar-refractivity contribution in [1.82, 2.24) is 9.97 Å². The topological polar surface area (TPSA) is 74.8 Å². The third-order valence-corrected chi connectivity index (χ3v) is 4.41. The number of thioether (sulfide) groups is 1. The molecule has 2 N–H and O–H groups in total. The molecule has 2 rings (SSSR count). The van der Waals surface area contributed by atoms with Crippen molar-refractivity contribution in [1.29, 1.82) is 0 Å². The van der Waals surface area contributed by atoms with Gasteiger partial charge in [0.15, 0.2) is 5.16 Å². The highest BCUT2D eigenvalue weighted by Gasteiger charge is 2.09. The van der Waals surface area contributed by atoms with Crippen LogP contribution in [0.5, 0.6) is 0 Å². The predicted molar refractivity (Wildman–Crippen MR) is 98.8 cm³/mol. The van der Waals surface area contributed by atoms with Gasteiger partial charge in [-0.2, -0.15) is 0 Å². The van der Waals surface area contributed by atoms with Gasteiger partial charge in [0.2, 0.25) is 5.91 Å². The first-order valence-corrected chi connectivity index (χ1v) is 8.97. The van der Waals surface area contributed by atoms with Gasteiger partial charge in [-0.1, -0.05) is 51.6 Å². The molecule has 1 aromatic carbocycles. The van der Waals surface area contributed by atoms with Gasteiger partial charge in [-0.25, -0.2) is 4.98 Å². The zero-order chi connectivity index (χ0) is 17.7. The maximum Gasteiger partial charge on any atom is 0.251 e. The molecule has 24 heavy (non-hydrogen) atoms. The van der Waals surface area contributed by atoms with Crippen molar-refractivity contribution < 1.29 is 4.79 Å². The van der Waals surface area contributed by atoms with Gasteiger partial charge < -0.3 is 10.3 Å². The van der Waals surface area contributed by atoms with E-state index in [-0.39, 0.29) is 23.1 Å². The van der Waals surface area contributed by atoms with Crippen LogP contribution >= 0.6 is 11.8 Å². The van der Waals surface area contributed by atoms with Gasteiger partial charge in [0.05, 0.1) is 11.4 Å². The number of anilines is 1. The summed E-state index contributed by atoms with van der Waals surface area (Å²) in [5.74, 6) is 0.687. The van der Waals surface area contributed by atoms with Crippen LogP contribution in [-0.4, -0.2) is 21.6 Å². The van der Waals surface area contributed by atoms with Gasteiger partial charge in [-0.3, -0.25) is 9.59 Å². The quantitative estimate of drug-likeness (QED) is 0.618. The summed E-state index contributed by atoms with van der Waals surface area (Å²) in [6, 6.07) is 9.32. The van der Waals surface area contributed by atoms with Crippen molar-refractivity contribution in [3.8, 4) is 0 Å². The number of H-pyrrole nitrogens is 1. The average Bonchev–Trinajstić information content (AvgIpc) is 2.53. The monoisotopic (exact) mass is 345 g/mol. The summed E-state index contributed by atoms with van der Waals surface area (Å²) in [6.07, 6.45) is 0. The second-order valence-corrected chi connectivity index (χ2v) is 7.21. The van der Waals surface area contributed by atoms with Crippen molar-refractivity contribution in [2.24, 2.45) is 0 Å². The van der Waals surface area contributed by atoms with E-state index in [4.69, 9.17) is 0 Å². The van der Waals surface area contributed by atoms with E-state index in [2.05, 4.69) is 29.1 Å². The second kappa shape index (κ2) is 8.15. The smallest absolute Gasteiger partial charge is 0.251 e. The van der Waals surface area contributed by atoms with Gasteiger partial charge >= 0.3 is 0 Å². The molecule has 0 bridgehead atoms. The van der Waals surface area contributed by atoms with Crippen molar-refractivity contribution in [3.05, 3.63) is 51.9 Å². The fourth-order valence-corrected chi connectivity index (χ4v) is 2.78. The standard InChI is InChI=1S/C18H23N3O2S/c1-11(2)13-5-7-14(8-6-13)19-17(23)10-24-18-20-15(12(3)4)9-16(22)21-18/h5-9,11-12H,10H2,1-4H3,(H,19,23)(H,20,21,22). The second-order valence-electron chi connectivity index (χ2n) is 6.24. The molecule has 0 saturated heterocycles. The summed E-state index contributed by atoms with van der Waals surface area (Å²) in [6.45, 7) is 8.21. The molecule has 1 aromatic heterocycles. The van der Waals surface area contributed by atoms with Gasteiger partial charge in [0.25, 0.3) is 5.56 Å². The third-order valence-electron chi connectivity index (χ3n) is 3.53. The van der Waals surface area contributed by atoms with E-state index in [0.29, 0.717) is 11.1 Å². The molecule has 0 saturated carbocycles. The molecular weight excluding hydrogens is 322 g/mol. The van der Waals surface area contributed by atoms with Crippen molar-refractivity contribution >= 4 is 23.4 Å². The lowest BCUT2D eigenvalue weighted by Crippen LogP contribution is -2.16. The lowest BCUT2D eigenvalue weighted by Gasteiger charge is -2.09. The lowest BCUT2D eigenvalue weighted by atomic mass is 10.0. The minimum Gasteiger partial charge on any atom is -0.325 e. The number of hydrogen-bond donors (Lipinski definition) is 2. The summed E-state index contributed by atoms with van der Waals surface area (Å²) in [5.41, 5.74) is 2.53. The van der Waals surface area contributed by atoms with Gasteiger partial charge in [-0.15, -0.1) is 0 Å². The minimum atomic E-state index is -0.194. The number of benzene rings is 1. The summed E-state index contributed by atoms with van der Waals surface area (Å²) in [7, 11) is 0. The highest BCUT2D eigenvalue weighted by molar-refractivity contribution is 7.99. The molecule has 0 radical (unpaired) electrons. The fraction of sp³-hybridized carbons (Fsp3) is 0.389. The van der Waals surface area contributed by atoms with E-state index >= 15 is 0 Å². The highest BCUT2D eigenvalue weighted by Crippen LogP contribution is 2.18. The van der Waals surface area contributed by atoms with Crippen molar-refractivity contribution in [3.63, 3.8) is 0 Å². The number of rotatable bonds is 6. The number of carbonyl (C=O) groups is 1. The first-order chi connectivity index (χ1) is 11.3. The zero-order valence-electron chi connectivity index (χ0n) is 14.4. The van der Waals surface area contributed by atoms with Crippen LogP contribution in [0.15, 0.2) is 40.3 Å². The van der Waals surface area contributed by atoms with E-state index in [0.717, 1.165) is 11.4 Å². The van der Waals surface area contributed by atoms with Crippen LogP contribution in [-0.2, 0) is 4.79 Å². The SMILES string of the molecule is CC(C)c1ccc(NC(=O)CSc2nc(C(C)C)cc(=O)[nH]2)cc1. The molecule has 1 heterocycles. The predicted octanol–water partition coefficient (Wildman–Crippen LogP) is 3.75. The Morgan fingerprint density at radius 2 is 1.83 bits per heavy atom. The number of nitrogens with zero attached hydrogens (tertiary/aromatic N) is 1. The Kier molecular flexibility index (Phi) is 6.20. The Hall–Kier alpha value is -2.08. The normalized spacial score (nSPS) is 11.1. The molecule has 128 valence electrons. The molecule has 0 aliphatic carbocycles. The minimum absolute atomic E-state index is 0.130. The molecule has 5 nitrogen and oxygen atoms in total. The summed E-state index contributed by atoms with van der Waals surface area (Å²) in [4.78, 5) is 30.7. The average molecular weight is 345 g/mol. The van der Waals surface area contributed by atoms with Crippen LogP contribution < -0.4 is 10.9 Å². The first kappa shape index (κ1) is 18.3. The third kappa shape index (κ3) is 5.23. The maximum absolute atomic E-state index is 12.1. The lowest BCUT2D eigenvalue weighted by molar-refractivity contribution is -0.113. The Morgan fingerprint density at radius 3 is 2.42 bits per heavy atom. The molecule has 0 fully saturated rings. The summed E-state index contributed by atoms with van der Waals surface area (Å²) >= 11 is 1.22. The molecule has 0 aliphatic heterocycles. The highest BCUT2D eigenvalue weighted by atomic mass is 32.2. The number of aromatic amines is 1. The fourth-order valence-electron chi connectivity index (χ4n) is 2.10. The van der Waals surface area contributed by atoms with Crippen LogP contribution in [0.3, 0.4) is 0 Å². The summed E-state index contributed by atoms with van der Waals surface area (Å²) in [5, 5.41) is 3.32. The van der Waals surface area contributed by atoms with E-state index < -0.39 is 0 Å². The zero-order valence-corrected chi connectivity index (χ0v) is 15.2. The van der Waals surface area contributed by atoms with Gasteiger partial charge in [0, 0.05) is 11.8 Å². The Morgan fingerprint density at radius 1 is 1.17 bits per heavy atom. The molecule has 0 spiro atoms. The molecular formula is C18H23N3O2S. The van der Waals surface area contributed by atoms with Gasteiger partial charge in [0.1, 0.15) is 0 Å². The van der Waals surface area contributed by atoms with Crippen molar-refractivity contribution in [2.45, 2.75) is 44.7 Å². The Labute approximate surface area is 146 Å². The van der Waals surface area contributed by atoms with E-state index in [1.54, 1.807) is 0 Å². The molecule has 0 aliphatic rings. The first-order valence-electron chi connectivity index (χ1n) is 7.99. The Balaban J connectivity index is 1.94. The summed E-state index contributed by atoms with van der Waals surface area (Å²) < 4.78 is 0. The van der Waals surface area contributed by atoms with E-state index in [1.165, 1.54) is 23.4 Å². The maximum atomic E-state index is 12.1. The number of amides is 1. The molecule has 6 heteroatoms. The molecule has 2 aromatic rings. The molecule has 1 amide bonds. The van der Waals surface area contributed by atoms with Crippen LogP contribution in [0.4, 0.5) is 5.69 Å². The van der Waals surface area contributed by atoms with Crippen LogP contribution in [0, 0.1) is 0 Å². The molecule has 0 unspecified atom stereocenters. The van der Waals surface area contributed by atoms with Crippen LogP contribution in [0.1, 0.15) is 50.8 Å². The van der Waals surface area contributed by atoms with Crippen molar-refractivity contribution in [2.75, 3.05) is 11.1 Å².